The van der Waals surface area contributed by atoms with Crippen LogP contribution in [0.3, 0.4) is 0 Å². The molecule has 2 aliphatic heterocycles. The molecule has 4 aromatic rings. The third-order valence-electron chi connectivity index (χ3n) is 13.7. The van der Waals surface area contributed by atoms with Gasteiger partial charge in [0.2, 0.25) is 0 Å². The van der Waals surface area contributed by atoms with Crippen molar-refractivity contribution in [1.82, 2.24) is 0 Å². The van der Waals surface area contributed by atoms with Crippen molar-refractivity contribution >= 4 is 43.7 Å². The number of aliphatic hydroxyl groups is 1. The SMILES string of the molecule is C#C[C@@H](OCOC)[C@H](C)O[Si](c1ccccc1)(c1ccccc1)C(C)(C)C.CCC[C@@H]1OC(C)(C)O[C@@H]1C(O)C#C[C@@H](OCOC)[C@H](C)O[Si](c1ccccc1)(c1ccccc1)C(C)(C)C.CCC[C@@H]1OC(C)(C)O[C@@H]1C=O.[3H]C.[3H]C.[3H]C. The van der Waals surface area contributed by atoms with E-state index in [9.17, 15) is 9.90 Å². The summed E-state index contributed by atoms with van der Waals surface area (Å²) in [6.45, 7) is 29.1. The summed E-state index contributed by atoms with van der Waals surface area (Å²) in [6.07, 6.45) is 6.10. The van der Waals surface area contributed by atoms with E-state index in [4.69, 9.17) is 57.3 Å². The van der Waals surface area contributed by atoms with Crippen LogP contribution in [0.1, 0.15) is 149 Å². The fourth-order valence-corrected chi connectivity index (χ4v) is 19.7. The summed E-state index contributed by atoms with van der Waals surface area (Å²) in [7, 11) is 1.43. The van der Waals surface area contributed by atoms with E-state index < -0.39 is 58.7 Å². The Balaban J connectivity index is 0.000000674. The van der Waals surface area contributed by atoms with Crippen LogP contribution in [0.5, 0.6) is 0 Å². The lowest BCUT2D eigenvalue weighted by Gasteiger charge is -2.45. The summed E-state index contributed by atoms with van der Waals surface area (Å²) < 4.78 is 76.3. The molecule has 0 aromatic heterocycles. The van der Waals surface area contributed by atoms with Gasteiger partial charge in [-0.3, -0.25) is 0 Å². The maximum absolute atomic E-state index is 11.1. The number of rotatable bonds is 22. The Labute approximate surface area is 497 Å². The second-order valence-corrected chi connectivity index (χ2v) is 31.4. The Hall–Kier alpha value is -4.34. The zero-order chi connectivity index (χ0) is 63.8. The minimum absolute atomic E-state index is 0.0532. The number of aliphatic hydroxyl groups excluding tert-OH is 1. The van der Waals surface area contributed by atoms with E-state index in [-0.39, 0.29) is 48.1 Å². The lowest BCUT2D eigenvalue weighted by Crippen LogP contribution is -2.68. The van der Waals surface area contributed by atoms with Gasteiger partial charge in [-0.05, 0) is 85.2 Å². The Morgan fingerprint density at radius 1 is 0.605 bits per heavy atom. The summed E-state index contributed by atoms with van der Waals surface area (Å²) in [6, 6.07) is 41.9. The van der Waals surface area contributed by atoms with E-state index >= 15 is 0 Å². The summed E-state index contributed by atoms with van der Waals surface area (Å²) in [5.74, 6) is 7.51. The molecule has 0 radical (unpaired) electrons. The van der Waals surface area contributed by atoms with Gasteiger partial charge in [0.05, 0.1) is 24.4 Å². The average molecular weight is 1160 g/mol. The first kappa shape index (κ1) is 69.2. The zero-order valence-electron chi connectivity index (χ0n) is 55.6. The number of benzene rings is 4. The van der Waals surface area contributed by atoms with Crippen molar-refractivity contribution in [2.24, 2.45) is 0 Å². The summed E-state index contributed by atoms with van der Waals surface area (Å²) in [5.41, 5.74) is 0. The monoisotopic (exact) mass is 1160 g/mol. The van der Waals surface area contributed by atoms with Gasteiger partial charge in [-0.2, -0.15) is 0 Å². The van der Waals surface area contributed by atoms with E-state index in [2.05, 4.69) is 170 Å². The van der Waals surface area contributed by atoms with Crippen LogP contribution in [0.4, 0.5) is 0 Å². The van der Waals surface area contributed by atoms with Crippen LogP contribution in [-0.4, -0.2) is 122 Å². The van der Waals surface area contributed by atoms with Gasteiger partial charge in [-0.25, -0.2) is 0 Å². The van der Waals surface area contributed by atoms with Crippen LogP contribution >= 0.6 is 0 Å². The molecule has 452 valence electrons. The molecule has 1 N–H and O–H groups in total. The second-order valence-electron chi connectivity index (χ2n) is 22.9. The van der Waals surface area contributed by atoms with Gasteiger partial charge in [-0.1, -0.05) is 230 Å². The first-order valence-electron chi connectivity index (χ1n) is 30.5. The van der Waals surface area contributed by atoms with Crippen LogP contribution < -0.4 is 20.7 Å². The van der Waals surface area contributed by atoms with Crippen LogP contribution in [0.25, 0.3) is 0 Å². The normalized spacial score (nSPS) is 20.4. The molecular weight excluding hydrogens is 1050 g/mol. The molecule has 0 spiro atoms. The second kappa shape index (κ2) is 34.4. The van der Waals surface area contributed by atoms with Gasteiger partial charge in [0.25, 0.3) is 16.6 Å². The Morgan fingerprint density at radius 3 is 1.30 bits per heavy atom. The molecule has 4 aromatic carbocycles. The number of ether oxygens (including phenoxy) is 8. The van der Waals surface area contributed by atoms with E-state index in [1.165, 1.54) is 43.0 Å². The molecule has 14 heteroatoms. The van der Waals surface area contributed by atoms with Crippen molar-refractivity contribution in [3.63, 3.8) is 0 Å². The summed E-state index contributed by atoms with van der Waals surface area (Å²) in [4.78, 5) is 10.6. The Bertz CT molecular complexity index is 2390. The number of terminal acetylenes is 1. The molecule has 2 heterocycles. The van der Waals surface area contributed by atoms with Crippen LogP contribution in [0, 0.1) is 24.2 Å². The molecule has 2 fully saturated rings. The summed E-state index contributed by atoms with van der Waals surface area (Å²) in [5, 5.41) is 15.5. The molecule has 1 unspecified atom stereocenters. The van der Waals surface area contributed by atoms with Crippen molar-refractivity contribution in [3.05, 3.63) is 121 Å². The van der Waals surface area contributed by atoms with Gasteiger partial charge in [0.15, 0.2) is 17.9 Å². The highest BCUT2D eigenvalue weighted by molar-refractivity contribution is 7.00. The highest BCUT2D eigenvalue weighted by atomic mass is 28.4. The molecular formula is C67H104O12Si2. The number of carbonyl (C=O) groups excluding carboxylic acids is 1. The van der Waals surface area contributed by atoms with Gasteiger partial charge >= 0.3 is 0 Å². The number of aldehydes is 1. The van der Waals surface area contributed by atoms with Crippen molar-refractivity contribution < 1.29 is 60.8 Å². The average Bonchev–Trinajstić information content (AvgIpc) is 1.30. The molecule has 0 aliphatic carbocycles. The molecule has 12 nitrogen and oxygen atoms in total. The molecule has 0 amide bonds. The minimum atomic E-state index is -2.83. The molecule has 6 rings (SSSR count). The number of hydrogen-bond acceptors (Lipinski definition) is 12. The van der Waals surface area contributed by atoms with Crippen molar-refractivity contribution in [3.8, 4) is 24.2 Å². The van der Waals surface area contributed by atoms with Crippen molar-refractivity contribution in [2.75, 3.05) is 27.8 Å². The smallest absolute Gasteiger partial charge is 0.261 e. The zero-order valence-corrected chi connectivity index (χ0v) is 54.6. The highest BCUT2D eigenvalue weighted by Gasteiger charge is 2.53. The third kappa shape index (κ3) is 20.2. The quantitative estimate of drug-likeness (QED) is 0.0348. The van der Waals surface area contributed by atoms with Crippen LogP contribution in [0.2, 0.25) is 10.1 Å². The lowest BCUT2D eigenvalue weighted by molar-refractivity contribution is -0.152. The number of hydrogen-bond donors (Lipinski definition) is 1. The van der Waals surface area contributed by atoms with Crippen molar-refractivity contribution in [2.45, 2.75) is 221 Å². The number of methoxy groups -OCH3 is 2. The Kier molecular flexibility index (Phi) is 29.4. The Morgan fingerprint density at radius 2 is 0.951 bits per heavy atom. The van der Waals surface area contributed by atoms with E-state index in [0.29, 0.717) is 0 Å². The molecule has 0 bridgehead atoms. The topological polar surface area (TPSA) is 130 Å². The molecule has 2 aliphatic rings. The standard InChI is InChI=1S/C32H46O6Si.C23H30O3Si.C9H16O3.3CH4/c1-9-16-29-30(37-32(6,7)36-29)27(33)21-22-28(35-23-34-8)24(2)38-39(31(3,4)5,25-17-12-10-13-18-25)26-19-14-11-15-20-26;1-7-22(25-18-24-6)19(2)26-27(23(3,4)5,20-14-10-8-11-15-20)21-16-12-9-13-17-21;1-4-5-7-8(6-10)12-9(2,3)11-7;;;/h10-15,17-20,24,27-30,33H,9,16,23H2,1-8H3;1,8-17,19,22H,18H2,2-6H3;6-8H,4-5H2,1-3H3;3*1H4/t24-,27?,28+,29-,30+;19-,22+;7-,8+;;;/m000.../s1/i;;;3*1T. The van der Waals surface area contributed by atoms with Crippen LogP contribution in [0.15, 0.2) is 121 Å². The van der Waals surface area contributed by atoms with E-state index in [1.54, 1.807) is 14.2 Å². The summed E-state index contributed by atoms with van der Waals surface area (Å²) >= 11 is 0. The van der Waals surface area contributed by atoms with Crippen LogP contribution in [-0.2, 0) is 51.5 Å². The molecule has 81 heavy (non-hydrogen) atoms. The van der Waals surface area contributed by atoms with Gasteiger partial charge in [0.1, 0.15) is 44.1 Å². The van der Waals surface area contributed by atoms with E-state index in [0.717, 1.165) is 32.0 Å². The lowest BCUT2D eigenvalue weighted by atomic mass is 10.0. The largest absolute Gasteiger partial charge is 0.401 e. The van der Waals surface area contributed by atoms with Crippen molar-refractivity contribution in [1.29, 1.82) is 0 Å². The minimum Gasteiger partial charge on any atom is -0.401 e. The molecule has 9 atom stereocenters. The third-order valence-corrected chi connectivity index (χ3v) is 24.0. The predicted molar refractivity (Wildman–Crippen MR) is 336 cm³/mol. The fraction of sp³-hybridized carbons (Fsp3) is 0.567. The first-order chi connectivity index (χ1) is 39.9. The number of carbonyl (C=O) groups is 1. The maximum atomic E-state index is 11.1. The van der Waals surface area contributed by atoms with Gasteiger partial charge in [-0.15, -0.1) is 6.42 Å². The maximum Gasteiger partial charge on any atom is 0.261 e. The van der Waals surface area contributed by atoms with E-state index in [1.807, 2.05) is 65.8 Å². The fourth-order valence-electron chi connectivity index (χ4n) is 10.3. The molecule has 0 saturated carbocycles. The molecule has 2 saturated heterocycles. The van der Waals surface area contributed by atoms with Gasteiger partial charge < -0.3 is 56.6 Å². The highest BCUT2D eigenvalue weighted by Crippen LogP contribution is 2.40. The van der Waals surface area contributed by atoms with Gasteiger partial charge in [0, 0.05) is 18.3 Å². The predicted octanol–water partition coefficient (Wildman–Crippen LogP) is 11.6. The first-order valence-corrected chi connectivity index (χ1v) is 31.3.